The van der Waals surface area contributed by atoms with E-state index in [1.54, 1.807) is 6.92 Å². The zero-order valence-corrected chi connectivity index (χ0v) is 9.69. The Morgan fingerprint density at radius 1 is 1.75 bits per heavy atom. The number of aliphatic carboxylic acids is 1. The van der Waals surface area contributed by atoms with Crippen molar-refractivity contribution < 1.29 is 19.8 Å². The second-order valence-electron chi connectivity index (χ2n) is 3.41. The molecular formula is C8H13N3O4S. The third-order valence-electron chi connectivity index (χ3n) is 2.07. The van der Waals surface area contributed by atoms with Gasteiger partial charge < -0.3 is 15.1 Å². The second-order valence-corrected chi connectivity index (χ2v) is 4.52. The summed E-state index contributed by atoms with van der Waals surface area (Å²) in [6, 6.07) is 0. The highest BCUT2D eigenvalue weighted by atomic mass is 32.2. The molecule has 0 aromatic rings. The monoisotopic (exact) mass is 247 g/mol. The molecule has 1 heterocycles. The number of nitrogens with one attached hydrogen (secondary N) is 1. The highest BCUT2D eigenvalue weighted by molar-refractivity contribution is 7.99. The Hall–Kier alpha value is -1.44. The standard InChI is InChI=1S/C8H13N3O4S/c1-4(7(14)15)3-16-8-10-9-5(12)6(13)11(8)2/h4,8,10H,3H2,1-2H3,(H,9,12)(H,14,15). The van der Waals surface area contributed by atoms with Crippen LogP contribution in [0.25, 0.3) is 0 Å². The first-order valence-electron chi connectivity index (χ1n) is 4.57. The first-order valence-corrected chi connectivity index (χ1v) is 5.62. The number of carbonyl (C=O) groups is 2. The summed E-state index contributed by atoms with van der Waals surface area (Å²) < 4.78 is 0. The molecule has 3 N–H and O–H groups in total. The maximum absolute atomic E-state index is 11.3. The third kappa shape index (κ3) is 2.78. The van der Waals surface area contributed by atoms with Gasteiger partial charge in [-0.15, -0.1) is 16.9 Å². The van der Waals surface area contributed by atoms with Gasteiger partial charge in [0.1, 0.15) is 0 Å². The normalized spacial score (nSPS) is 22.4. The minimum atomic E-state index is -0.886. The third-order valence-corrected chi connectivity index (χ3v) is 3.50. The number of rotatable bonds is 4. The molecule has 0 saturated heterocycles. The number of hydrogen-bond donors (Lipinski definition) is 3. The van der Waals surface area contributed by atoms with Crippen molar-refractivity contribution in [2.75, 3.05) is 12.8 Å². The largest absolute Gasteiger partial charge is 0.488 e. The molecule has 8 heteroatoms. The second kappa shape index (κ2) is 5.06. The van der Waals surface area contributed by atoms with Crippen molar-refractivity contribution in [3.8, 4) is 0 Å². The minimum absolute atomic E-state index is 0.348. The maximum atomic E-state index is 11.3. The molecule has 2 unspecified atom stereocenters. The first-order chi connectivity index (χ1) is 7.43. The van der Waals surface area contributed by atoms with E-state index < -0.39 is 29.2 Å². The molecule has 1 aliphatic rings. The number of amides is 1. The van der Waals surface area contributed by atoms with Crippen LogP contribution in [0.4, 0.5) is 0 Å². The molecule has 0 aromatic heterocycles. The number of aliphatic hydroxyl groups is 1. The molecule has 90 valence electrons. The van der Waals surface area contributed by atoms with Crippen LogP contribution < -0.4 is 5.43 Å². The predicted octanol–water partition coefficient (Wildman–Crippen LogP) is -0.343. The van der Waals surface area contributed by atoms with Crippen LogP contribution in [0, 0.1) is 5.92 Å². The van der Waals surface area contributed by atoms with Gasteiger partial charge >= 0.3 is 11.9 Å². The molecule has 16 heavy (non-hydrogen) atoms. The number of aliphatic hydroxyl groups excluding tert-OH is 1. The van der Waals surface area contributed by atoms with Gasteiger partial charge in [-0.2, -0.15) is 0 Å². The Kier molecular flexibility index (Phi) is 3.99. The Morgan fingerprint density at radius 3 is 2.94 bits per heavy atom. The number of carboxylic acids is 1. The average Bonchev–Trinajstić information content (AvgIpc) is 2.24. The van der Waals surface area contributed by atoms with Gasteiger partial charge in [0.2, 0.25) is 0 Å². The topological polar surface area (TPSA) is 102 Å². The molecule has 0 spiro atoms. The fraction of sp³-hybridized carbons (Fsp3) is 0.625. The number of nitrogens with zero attached hydrogens (tertiary/aromatic N) is 2. The zero-order valence-electron chi connectivity index (χ0n) is 8.88. The molecular weight excluding hydrogens is 234 g/mol. The van der Waals surface area contributed by atoms with Gasteiger partial charge in [0.25, 0.3) is 5.90 Å². The Morgan fingerprint density at radius 2 is 2.38 bits per heavy atom. The number of hydrogen-bond acceptors (Lipinski definition) is 5. The van der Waals surface area contributed by atoms with E-state index in [4.69, 9.17) is 10.2 Å². The van der Waals surface area contributed by atoms with Crippen LogP contribution in [-0.2, 0) is 9.59 Å². The van der Waals surface area contributed by atoms with Crippen molar-refractivity contribution >= 4 is 29.5 Å². The number of carbonyl (C=O) groups excluding carboxylic acids is 1. The zero-order chi connectivity index (χ0) is 12.3. The van der Waals surface area contributed by atoms with Crippen molar-refractivity contribution in [1.82, 2.24) is 10.3 Å². The van der Waals surface area contributed by atoms with Crippen molar-refractivity contribution in [2.45, 2.75) is 12.4 Å². The van der Waals surface area contributed by atoms with Gasteiger partial charge in [0.05, 0.1) is 5.92 Å². The van der Waals surface area contributed by atoms with Crippen molar-refractivity contribution in [3.05, 3.63) is 0 Å². The predicted molar refractivity (Wildman–Crippen MR) is 59.0 cm³/mol. The van der Waals surface area contributed by atoms with Crippen LogP contribution in [0.15, 0.2) is 5.10 Å². The van der Waals surface area contributed by atoms with E-state index in [9.17, 15) is 9.59 Å². The maximum Gasteiger partial charge on any atom is 0.312 e. The molecule has 0 aromatic carbocycles. The van der Waals surface area contributed by atoms with E-state index in [-0.39, 0.29) is 0 Å². The van der Waals surface area contributed by atoms with Crippen LogP contribution >= 0.6 is 11.8 Å². The summed E-state index contributed by atoms with van der Waals surface area (Å²) in [5.74, 6) is -2.22. The molecule has 1 aliphatic heterocycles. The molecule has 0 saturated carbocycles. The highest BCUT2D eigenvalue weighted by Crippen LogP contribution is 2.18. The van der Waals surface area contributed by atoms with Crippen LogP contribution in [0.5, 0.6) is 0 Å². The summed E-state index contributed by atoms with van der Waals surface area (Å²) in [6.07, 6.45) is 0. The van der Waals surface area contributed by atoms with Gasteiger partial charge in [-0.3, -0.25) is 15.0 Å². The fourth-order valence-electron chi connectivity index (χ4n) is 0.971. The lowest BCUT2D eigenvalue weighted by molar-refractivity contribution is -0.140. The van der Waals surface area contributed by atoms with Crippen LogP contribution in [0.3, 0.4) is 0 Å². The Balaban J connectivity index is 2.51. The lowest BCUT2D eigenvalue weighted by Crippen LogP contribution is -2.50. The van der Waals surface area contributed by atoms with E-state index in [1.807, 2.05) is 0 Å². The van der Waals surface area contributed by atoms with Gasteiger partial charge in [-0.25, -0.2) is 0 Å². The summed E-state index contributed by atoms with van der Waals surface area (Å²) in [5.41, 5.74) is 2.10. The summed E-state index contributed by atoms with van der Waals surface area (Å²) in [7, 11) is 1.50. The molecule has 7 nitrogen and oxygen atoms in total. The summed E-state index contributed by atoms with van der Waals surface area (Å²) in [5, 5.41) is 21.1. The summed E-state index contributed by atoms with van der Waals surface area (Å²) >= 11 is 1.24. The van der Waals surface area contributed by atoms with Gasteiger partial charge in [0.15, 0.2) is 5.50 Å². The fourth-order valence-corrected chi connectivity index (χ4v) is 2.03. The smallest absolute Gasteiger partial charge is 0.312 e. The van der Waals surface area contributed by atoms with Gasteiger partial charge in [-0.05, 0) is 0 Å². The van der Waals surface area contributed by atoms with Crippen molar-refractivity contribution in [2.24, 2.45) is 11.0 Å². The molecule has 1 rings (SSSR count). The van der Waals surface area contributed by atoms with E-state index >= 15 is 0 Å². The van der Waals surface area contributed by atoms with E-state index in [1.165, 1.54) is 23.7 Å². The summed E-state index contributed by atoms with van der Waals surface area (Å²) in [4.78, 5) is 23.1. The minimum Gasteiger partial charge on any atom is -0.488 e. The van der Waals surface area contributed by atoms with Crippen LogP contribution in [-0.4, -0.2) is 51.2 Å². The lowest BCUT2D eigenvalue weighted by Gasteiger charge is -2.30. The molecule has 0 fully saturated rings. The highest BCUT2D eigenvalue weighted by Gasteiger charge is 2.29. The quantitative estimate of drug-likeness (QED) is 0.628. The molecule has 0 aliphatic carbocycles. The number of carboxylic acid groups (broad SMARTS) is 1. The lowest BCUT2D eigenvalue weighted by atomic mass is 10.2. The Bertz CT molecular complexity index is 333. The average molecular weight is 247 g/mol. The molecule has 1 amide bonds. The van der Waals surface area contributed by atoms with Crippen LogP contribution in [0.2, 0.25) is 0 Å². The number of thioether (sulfide) groups is 1. The van der Waals surface area contributed by atoms with Crippen molar-refractivity contribution in [1.29, 1.82) is 0 Å². The first kappa shape index (κ1) is 12.6. The number of hydrazone groups is 1. The van der Waals surface area contributed by atoms with Crippen molar-refractivity contribution in [3.63, 3.8) is 0 Å². The van der Waals surface area contributed by atoms with E-state index in [0.717, 1.165) is 0 Å². The van der Waals surface area contributed by atoms with Crippen LogP contribution in [0.1, 0.15) is 6.92 Å². The number of likely N-dealkylation sites (N-methyl/N-ethyl adjacent to an activating group) is 1. The van der Waals surface area contributed by atoms with E-state index in [2.05, 4.69) is 10.5 Å². The molecule has 0 bridgehead atoms. The molecule has 2 atom stereocenters. The van der Waals surface area contributed by atoms with Gasteiger partial charge in [0, 0.05) is 12.8 Å². The molecule has 0 radical (unpaired) electrons. The summed E-state index contributed by atoms with van der Waals surface area (Å²) in [6.45, 7) is 1.58. The Labute approximate surface area is 96.5 Å². The SMILES string of the molecule is CC(CSC1NN=C(O)C(=O)N1C)C(=O)O. The van der Waals surface area contributed by atoms with Gasteiger partial charge in [-0.1, -0.05) is 6.92 Å². The van der Waals surface area contributed by atoms with E-state index in [0.29, 0.717) is 5.75 Å².